The maximum atomic E-state index is 13.4. The number of carboxylic acids is 1. The van der Waals surface area contributed by atoms with Gasteiger partial charge in [-0.1, -0.05) is 6.92 Å². The van der Waals surface area contributed by atoms with E-state index in [4.69, 9.17) is 10.8 Å². The average molecular weight is 247 g/mol. The van der Waals surface area contributed by atoms with Gasteiger partial charge in [0.25, 0.3) is 0 Å². The van der Waals surface area contributed by atoms with Crippen LogP contribution in [0.15, 0.2) is 12.1 Å². The number of hydrogen-bond donors (Lipinski definition) is 2. The van der Waals surface area contributed by atoms with Crippen molar-refractivity contribution in [3.05, 3.63) is 35.1 Å². The number of aliphatic carboxylic acids is 1. The Hall–Kier alpha value is -1.56. The monoisotopic (exact) mass is 247 g/mol. The smallest absolute Gasteiger partial charge is 0.304 e. The zero-order valence-electron chi connectivity index (χ0n) is 9.08. The minimum absolute atomic E-state index is 0.127. The molecule has 3 N–H and O–H groups in total. The molecule has 0 saturated heterocycles. The van der Waals surface area contributed by atoms with Gasteiger partial charge in [0.2, 0.25) is 0 Å². The third kappa shape index (κ3) is 3.20. The number of halogens is 3. The van der Waals surface area contributed by atoms with E-state index in [9.17, 15) is 18.0 Å². The van der Waals surface area contributed by atoms with Gasteiger partial charge >= 0.3 is 5.97 Å². The minimum Gasteiger partial charge on any atom is -0.481 e. The highest BCUT2D eigenvalue weighted by atomic mass is 19.2. The lowest BCUT2D eigenvalue weighted by molar-refractivity contribution is -0.137. The fourth-order valence-electron chi connectivity index (χ4n) is 1.50. The van der Waals surface area contributed by atoms with Crippen molar-refractivity contribution in [2.75, 3.05) is 0 Å². The number of benzene rings is 1. The Bertz CT molecular complexity index is 437. The SMILES string of the molecule is CC(c1cc(F)c(F)cc1F)[C@H](N)CC(=O)O. The molecule has 2 atom stereocenters. The molecule has 0 fully saturated rings. The fraction of sp³-hybridized carbons (Fsp3) is 0.364. The average Bonchev–Trinajstić information content (AvgIpc) is 2.21. The first-order chi connectivity index (χ1) is 7.82. The quantitative estimate of drug-likeness (QED) is 0.800. The van der Waals surface area contributed by atoms with Crippen LogP contribution in [0.1, 0.15) is 24.8 Å². The predicted molar refractivity (Wildman–Crippen MR) is 55.0 cm³/mol. The van der Waals surface area contributed by atoms with E-state index in [0.29, 0.717) is 12.1 Å². The van der Waals surface area contributed by atoms with Gasteiger partial charge in [0.05, 0.1) is 6.42 Å². The third-order valence-corrected chi connectivity index (χ3v) is 2.58. The zero-order valence-corrected chi connectivity index (χ0v) is 9.08. The van der Waals surface area contributed by atoms with E-state index >= 15 is 0 Å². The summed E-state index contributed by atoms with van der Waals surface area (Å²) in [4.78, 5) is 10.4. The molecule has 0 spiro atoms. The van der Waals surface area contributed by atoms with Gasteiger partial charge < -0.3 is 10.8 Å². The highest BCUT2D eigenvalue weighted by molar-refractivity contribution is 5.67. The van der Waals surface area contributed by atoms with Crippen molar-refractivity contribution in [1.82, 2.24) is 0 Å². The molecule has 0 saturated carbocycles. The summed E-state index contributed by atoms with van der Waals surface area (Å²) in [5.74, 6) is -5.26. The molecule has 3 nitrogen and oxygen atoms in total. The van der Waals surface area contributed by atoms with Crippen LogP contribution in [0.5, 0.6) is 0 Å². The second-order valence-corrected chi connectivity index (χ2v) is 3.84. The van der Waals surface area contributed by atoms with Crippen LogP contribution in [-0.4, -0.2) is 17.1 Å². The standard InChI is InChI=1S/C11H12F3NO2/c1-5(10(15)4-11(16)17)6-2-8(13)9(14)3-7(6)12/h2-3,5,10H,4,15H2,1H3,(H,16,17)/t5?,10-/m1/s1. The molecule has 0 heterocycles. The Labute approximate surface area is 96.0 Å². The second kappa shape index (κ2) is 5.18. The van der Waals surface area contributed by atoms with E-state index in [1.54, 1.807) is 0 Å². The lowest BCUT2D eigenvalue weighted by Gasteiger charge is -2.19. The van der Waals surface area contributed by atoms with Crippen LogP contribution < -0.4 is 5.73 Å². The first kappa shape index (κ1) is 13.5. The van der Waals surface area contributed by atoms with Crippen LogP contribution in [0.4, 0.5) is 13.2 Å². The molecule has 0 aliphatic heterocycles. The molecule has 6 heteroatoms. The Balaban J connectivity index is 2.99. The molecule has 0 radical (unpaired) electrons. The van der Waals surface area contributed by atoms with Crippen LogP contribution >= 0.6 is 0 Å². The normalized spacial score (nSPS) is 14.4. The van der Waals surface area contributed by atoms with E-state index in [1.165, 1.54) is 6.92 Å². The van der Waals surface area contributed by atoms with Crippen molar-refractivity contribution in [2.45, 2.75) is 25.3 Å². The Morgan fingerprint density at radius 3 is 2.35 bits per heavy atom. The number of hydrogen-bond acceptors (Lipinski definition) is 2. The number of carboxylic acid groups (broad SMARTS) is 1. The minimum atomic E-state index is -1.29. The Morgan fingerprint density at radius 2 is 1.82 bits per heavy atom. The summed E-state index contributed by atoms with van der Waals surface area (Å²) in [6, 6.07) is 0.262. The molecule has 0 aromatic heterocycles. The van der Waals surface area contributed by atoms with Crippen molar-refractivity contribution in [1.29, 1.82) is 0 Å². The summed E-state index contributed by atoms with van der Waals surface area (Å²) >= 11 is 0. The van der Waals surface area contributed by atoms with Crippen LogP contribution in [0, 0.1) is 17.5 Å². The lowest BCUT2D eigenvalue weighted by atomic mass is 9.91. The summed E-state index contributed by atoms with van der Waals surface area (Å²) in [7, 11) is 0. The molecule has 0 bridgehead atoms. The largest absolute Gasteiger partial charge is 0.481 e. The van der Waals surface area contributed by atoms with Crippen molar-refractivity contribution < 1.29 is 23.1 Å². The van der Waals surface area contributed by atoms with Gasteiger partial charge in [-0.25, -0.2) is 13.2 Å². The van der Waals surface area contributed by atoms with E-state index < -0.39 is 35.4 Å². The number of carbonyl (C=O) groups is 1. The van der Waals surface area contributed by atoms with Gasteiger partial charge in [0, 0.05) is 12.1 Å². The van der Waals surface area contributed by atoms with E-state index in [-0.39, 0.29) is 12.0 Å². The summed E-state index contributed by atoms with van der Waals surface area (Å²) in [5, 5.41) is 8.54. The van der Waals surface area contributed by atoms with Gasteiger partial charge in [0.1, 0.15) is 5.82 Å². The Morgan fingerprint density at radius 1 is 1.29 bits per heavy atom. The van der Waals surface area contributed by atoms with Gasteiger partial charge in [0.15, 0.2) is 11.6 Å². The highest BCUT2D eigenvalue weighted by Crippen LogP contribution is 2.25. The molecule has 17 heavy (non-hydrogen) atoms. The van der Waals surface area contributed by atoms with Crippen LogP contribution in [0.2, 0.25) is 0 Å². The van der Waals surface area contributed by atoms with Crippen molar-refractivity contribution in [3.8, 4) is 0 Å². The fourth-order valence-corrected chi connectivity index (χ4v) is 1.50. The molecule has 1 unspecified atom stereocenters. The second-order valence-electron chi connectivity index (χ2n) is 3.84. The van der Waals surface area contributed by atoms with Crippen LogP contribution in [0.3, 0.4) is 0 Å². The molecule has 0 aliphatic rings. The first-order valence-electron chi connectivity index (χ1n) is 4.94. The van der Waals surface area contributed by atoms with Crippen molar-refractivity contribution in [3.63, 3.8) is 0 Å². The van der Waals surface area contributed by atoms with Crippen molar-refractivity contribution in [2.24, 2.45) is 5.73 Å². The maximum absolute atomic E-state index is 13.4. The zero-order chi connectivity index (χ0) is 13.2. The molecule has 1 rings (SSSR count). The summed E-state index contributed by atoms with van der Waals surface area (Å²) in [5.41, 5.74) is 5.42. The van der Waals surface area contributed by atoms with E-state index in [2.05, 4.69) is 0 Å². The summed E-state index contributed by atoms with van der Waals surface area (Å²) in [6.45, 7) is 1.46. The molecule has 0 aliphatic carbocycles. The van der Waals surface area contributed by atoms with Crippen LogP contribution in [-0.2, 0) is 4.79 Å². The molecule has 1 aromatic rings. The lowest BCUT2D eigenvalue weighted by Crippen LogP contribution is -2.30. The van der Waals surface area contributed by atoms with Gasteiger partial charge in [-0.15, -0.1) is 0 Å². The number of nitrogens with two attached hydrogens (primary N) is 1. The first-order valence-corrected chi connectivity index (χ1v) is 4.94. The van der Waals surface area contributed by atoms with Gasteiger partial charge in [-0.2, -0.15) is 0 Å². The number of rotatable bonds is 4. The van der Waals surface area contributed by atoms with Gasteiger partial charge in [-0.05, 0) is 17.5 Å². The van der Waals surface area contributed by atoms with E-state index in [0.717, 1.165) is 0 Å². The maximum Gasteiger partial charge on any atom is 0.304 e. The van der Waals surface area contributed by atoms with Crippen molar-refractivity contribution >= 4 is 5.97 Å². The molecule has 1 aromatic carbocycles. The predicted octanol–water partition coefficient (Wildman–Crippen LogP) is 2.01. The highest BCUT2D eigenvalue weighted by Gasteiger charge is 2.22. The van der Waals surface area contributed by atoms with E-state index in [1.807, 2.05) is 0 Å². The summed E-state index contributed by atoms with van der Waals surface area (Å²) in [6.07, 6.45) is -0.375. The van der Waals surface area contributed by atoms with Gasteiger partial charge in [-0.3, -0.25) is 4.79 Å². The topological polar surface area (TPSA) is 63.3 Å². The molecule has 0 amide bonds. The third-order valence-electron chi connectivity index (χ3n) is 2.58. The molecule has 94 valence electrons. The summed E-state index contributed by atoms with van der Waals surface area (Å²) < 4.78 is 39.0. The van der Waals surface area contributed by atoms with Crippen LogP contribution in [0.25, 0.3) is 0 Å². The molecular weight excluding hydrogens is 235 g/mol. The molecular formula is C11H12F3NO2. The Kier molecular flexibility index (Phi) is 4.11.